The van der Waals surface area contributed by atoms with Crippen LogP contribution in [0.25, 0.3) is 0 Å². The van der Waals surface area contributed by atoms with Gasteiger partial charge in [0.15, 0.2) is 31.3 Å². The molecule has 0 radical (unpaired) electrons. The van der Waals surface area contributed by atoms with Gasteiger partial charge in [-0.15, -0.1) is 0 Å². The van der Waals surface area contributed by atoms with E-state index in [0.29, 0.717) is 25.7 Å². The smallest absolute Gasteiger partial charge is 0.350 e. The molecule has 31 unspecified atom stereocenters. The van der Waals surface area contributed by atoms with E-state index in [2.05, 4.69) is 19.9 Å². The summed E-state index contributed by atoms with van der Waals surface area (Å²) < 4.78 is 60.6. The second-order valence-corrected chi connectivity index (χ2v) is 28.2. The van der Waals surface area contributed by atoms with Crippen LogP contribution in [0.3, 0.4) is 0 Å². The van der Waals surface area contributed by atoms with Gasteiger partial charge >= 0.3 is 17.9 Å². The van der Waals surface area contributed by atoms with Crippen molar-refractivity contribution < 1.29 is 138 Å². The largest absolute Gasteiger partial charge is 0.479 e. The third-order valence-electron chi connectivity index (χ3n) is 22.8. The molecule has 0 bridgehead atoms. The van der Waals surface area contributed by atoms with Crippen LogP contribution in [0, 0.1) is 50.2 Å². The highest BCUT2D eigenvalue weighted by Gasteiger charge is 2.76. The lowest BCUT2D eigenvalue weighted by molar-refractivity contribution is -0.401. The number of aliphatic hydroxyl groups is 14. The summed E-state index contributed by atoms with van der Waals surface area (Å²) in [6.07, 6.45) is -36.9. The quantitative estimate of drug-likeness (QED) is 0.0415. The zero-order valence-corrected chi connectivity index (χ0v) is 50.9. The molecular formula is C59H94O28. The Labute approximate surface area is 504 Å². The van der Waals surface area contributed by atoms with Crippen LogP contribution in [0.5, 0.6) is 0 Å². The lowest BCUT2D eigenvalue weighted by Gasteiger charge is -2.73. The van der Waals surface area contributed by atoms with Crippen LogP contribution >= 0.6 is 0 Å². The normalized spacial score (nSPS) is 50.9. The van der Waals surface area contributed by atoms with Gasteiger partial charge in [-0.3, -0.25) is 4.79 Å². The molecule has 9 aliphatic rings. The summed E-state index contributed by atoms with van der Waals surface area (Å²) in [5.41, 5.74) is -7.19. The van der Waals surface area contributed by atoms with Crippen LogP contribution in [0.15, 0.2) is 11.6 Å². The molecule has 0 aromatic heterocycles. The van der Waals surface area contributed by atoms with Gasteiger partial charge in [0, 0.05) is 17.8 Å². The highest BCUT2D eigenvalue weighted by molar-refractivity contribution is 5.82. The molecule has 8 fully saturated rings. The number of ether oxygens (including phenoxy) is 10. The van der Waals surface area contributed by atoms with Crippen LogP contribution in [0.1, 0.15) is 114 Å². The van der Waals surface area contributed by atoms with Crippen molar-refractivity contribution in [2.45, 2.75) is 261 Å². The van der Waals surface area contributed by atoms with Crippen molar-refractivity contribution in [3.05, 3.63) is 11.6 Å². The van der Waals surface area contributed by atoms with Crippen LogP contribution < -0.4 is 0 Å². The Morgan fingerprint density at radius 1 is 0.655 bits per heavy atom. The molecule has 0 spiro atoms. The maximum Gasteiger partial charge on any atom is 0.350 e. The second-order valence-electron chi connectivity index (χ2n) is 28.2. The summed E-state index contributed by atoms with van der Waals surface area (Å²) in [5.74, 6) is -4.53. The molecule has 0 aromatic rings. The number of carbonyl (C=O) groups is 3. The molecule has 9 rings (SSSR count). The van der Waals surface area contributed by atoms with E-state index in [-0.39, 0.29) is 31.1 Å². The van der Waals surface area contributed by atoms with E-state index in [9.17, 15) is 91.0 Å². The Morgan fingerprint density at radius 2 is 1.23 bits per heavy atom. The minimum absolute atomic E-state index is 0.0482. The van der Waals surface area contributed by atoms with E-state index in [1.807, 2.05) is 34.6 Å². The number of carboxylic acid groups (broad SMARTS) is 1. The van der Waals surface area contributed by atoms with Crippen LogP contribution in [-0.4, -0.2) is 268 Å². The van der Waals surface area contributed by atoms with Crippen LogP contribution in [0.2, 0.25) is 0 Å². The number of allylic oxidation sites excluding steroid dienone is 1. The number of carboxylic acids is 1. The first-order valence-corrected chi connectivity index (χ1v) is 30.4. The molecule has 4 saturated carbocycles. The van der Waals surface area contributed by atoms with Crippen molar-refractivity contribution in [2.75, 3.05) is 26.4 Å². The standard InChI is InChI=1S/C59H94O28/c1-11-57(9,87-23(2)63)52(77)86-46-45(74)59(22-62)25(18-53(46,3)4)24-12-13-30-55(7)16-15-31(54(5,6)29(55)14-17-56(30,8)58(24,10)43(72)44(59)73)81-51-42(85-50-38(71)35(68)33(66)27(19-60)79-50)40(82-48-36(69)32(65)26(64)21-78-48)39(41(84-51)47(75)76)83-49-37(70)34(67)28(20-61)80-49/h12,25-46,48-51,60-62,64-74H,11,13-22H2,1-10H3,(H,75,76). The Bertz CT molecular complexity index is 2520. The summed E-state index contributed by atoms with van der Waals surface area (Å²) in [4.78, 5) is 39.5. The zero-order chi connectivity index (χ0) is 64.4. The van der Waals surface area contributed by atoms with Crippen molar-refractivity contribution in [2.24, 2.45) is 50.2 Å². The van der Waals surface area contributed by atoms with Gasteiger partial charge in [0.2, 0.25) is 5.60 Å². The molecular weight excluding hydrogens is 1160 g/mol. The van der Waals surface area contributed by atoms with E-state index >= 15 is 0 Å². The maximum absolute atomic E-state index is 13.9. The average Bonchev–Trinajstić information content (AvgIpc) is 0.896. The number of esters is 2. The molecule has 4 saturated heterocycles. The van der Waals surface area contributed by atoms with Crippen LogP contribution in [0.4, 0.5) is 0 Å². The molecule has 87 heavy (non-hydrogen) atoms. The first-order valence-electron chi connectivity index (χ1n) is 30.4. The van der Waals surface area contributed by atoms with Gasteiger partial charge in [0.05, 0.1) is 50.2 Å². The van der Waals surface area contributed by atoms with Gasteiger partial charge in [-0.05, 0) is 85.9 Å². The Balaban J connectivity index is 1.05. The number of hydrogen-bond acceptors (Lipinski definition) is 27. The van der Waals surface area contributed by atoms with Crippen molar-refractivity contribution in [1.29, 1.82) is 0 Å². The van der Waals surface area contributed by atoms with Gasteiger partial charge < -0.3 is 124 Å². The molecule has 31 atom stereocenters. The minimum Gasteiger partial charge on any atom is -0.479 e. The fraction of sp³-hybridized carbons (Fsp3) is 0.915. The Hall–Kier alpha value is -2.73. The topological polar surface area (TPSA) is 447 Å². The van der Waals surface area contributed by atoms with E-state index in [4.69, 9.17) is 47.4 Å². The molecule has 4 aliphatic heterocycles. The summed E-state index contributed by atoms with van der Waals surface area (Å²) in [6, 6.07) is 0. The minimum atomic E-state index is -2.19. The molecule has 28 nitrogen and oxygen atoms in total. The number of aliphatic carboxylic acids is 1. The van der Waals surface area contributed by atoms with Gasteiger partial charge in [-0.2, -0.15) is 0 Å². The highest BCUT2D eigenvalue weighted by atomic mass is 16.8. The van der Waals surface area contributed by atoms with Gasteiger partial charge in [0.25, 0.3) is 0 Å². The van der Waals surface area contributed by atoms with Gasteiger partial charge in [0.1, 0.15) is 91.6 Å². The number of hydrogen-bond donors (Lipinski definition) is 15. The number of aliphatic hydroxyl groups excluding tert-OH is 14. The molecule has 4 heterocycles. The fourth-order valence-corrected chi connectivity index (χ4v) is 17.4. The summed E-state index contributed by atoms with van der Waals surface area (Å²) >= 11 is 0. The maximum atomic E-state index is 13.9. The Kier molecular flexibility index (Phi) is 19.4. The molecule has 28 heteroatoms. The van der Waals surface area contributed by atoms with Gasteiger partial charge in [-0.1, -0.05) is 67.0 Å². The third-order valence-corrected chi connectivity index (χ3v) is 22.8. The summed E-state index contributed by atoms with van der Waals surface area (Å²) in [5, 5.41) is 168. The number of fused-ring (bicyclic) bond motifs is 7. The molecule has 498 valence electrons. The van der Waals surface area contributed by atoms with Crippen molar-refractivity contribution in [3.8, 4) is 0 Å². The van der Waals surface area contributed by atoms with E-state index in [1.54, 1.807) is 6.92 Å². The summed E-state index contributed by atoms with van der Waals surface area (Å²) in [7, 11) is 0. The van der Waals surface area contributed by atoms with Crippen molar-refractivity contribution in [1.82, 2.24) is 0 Å². The monoisotopic (exact) mass is 1250 g/mol. The number of carbonyl (C=O) groups excluding carboxylic acids is 2. The lowest BCUT2D eigenvalue weighted by atomic mass is 9.32. The lowest BCUT2D eigenvalue weighted by Crippen LogP contribution is -2.76. The molecule has 0 aromatic carbocycles. The predicted octanol–water partition coefficient (Wildman–Crippen LogP) is -3.03. The second kappa shape index (κ2) is 24.6. The first-order chi connectivity index (χ1) is 40.5. The first kappa shape index (κ1) is 68.6. The summed E-state index contributed by atoms with van der Waals surface area (Å²) in [6.45, 7) is 14.8. The predicted molar refractivity (Wildman–Crippen MR) is 291 cm³/mol. The molecule has 5 aliphatic carbocycles. The van der Waals surface area contributed by atoms with Gasteiger partial charge in [-0.25, -0.2) is 9.59 Å². The SMILES string of the molecule is CCC(C)(OC(C)=O)C(=O)OC1C(O)C2(CO)C(CC1(C)C)C1=CCC3C4(C)CCC(OC5OC(C(=O)O)C(OC6OC(CO)C(O)C6O)C(OC6OCC(O)C(O)C6O)C5OC5OC(CO)C(O)C(O)C5O)C(C)(C)C4CCC3(C)C1(C)C(O)C2O. The zero-order valence-electron chi connectivity index (χ0n) is 50.9. The Morgan fingerprint density at radius 3 is 1.80 bits per heavy atom. The fourth-order valence-electron chi connectivity index (χ4n) is 17.4. The number of rotatable bonds is 16. The molecule has 15 N–H and O–H groups in total. The molecule has 0 amide bonds. The highest BCUT2D eigenvalue weighted by Crippen LogP contribution is 2.76. The third kappa shape index (κ3) is 10.9. The van der Waals surface area contributed by atoms with E-state index in [1.165, 1.54) is 6.92 Å². The average molecular weight is 1250 g/mol. The van der Waals surface area contributed by atoms with E-state index < -0.39 is 229 Å². The van der Waals surface area contributed by atoms with Crippen molar-refractivity contribution >= 4 is 17.9 Å². The van der Waals surface area contributed by atoms with Crippen LogP contribution in [-0.2, 0) is 61.8 Å². The van der Waals surface area contributed by atoms with Crippen molar-refractivity contribution in [3.63, 3.8) is 0 Å². The van der Waals surface area contributed by atoms with E-state index in [0.717, 1.165) is 12.5 Å².